The van der Waals surface area contributed by atoms with Crippen LogP contribution in [0.1, 0.15) is 40.9 Å². The largest absolute Gasteiger partial charge is 0.487 e. The number of carbonyl (C=O) groups is 1. The molecule has 0 spiro atoms. The van der Waals surface area contributed by atoms with E-state index in [1.54, 1.807) is 18.3 Å². The summed E-state index contributed by atoms with van der Waals surface area (Å²) in [7, 11) is 0. The Labute approximate surface area is 212 Å². The molecule has 0 saturated carbocycles. The van der Waals surface area contributed by atoms with Gasteiger partial charge >= 0.3 is 5.97 Å². The Hall–Kier alpha value is -3.09. The van der Waals surface area contributed by atoms with Gasteiger partial charge in [-0.15, -0.1) is 0 Å². The molecular formula is C28H32ClN3O3. The fourth-order valence-corrected chi connectivity index (χ4v) is 4.38. The molecule has 0 N–H and O–H groups in total. The zero-order valence-electron chi connectivity index (χ0n) is 20.5. The molecule has 4 rings (SSSR count). The summed E-state index contributed by atoms with van der Waals surface area (Å²) >= 11 is 6.26. The first kappa shape index (κ1) is 25.0. The van der Waals surface area contributed by atoms with Crippen molar-refractivity contribution >= 4 is 23.4 Å². The first-order valence-electron chi connectivity index (χ1n) is 12.0. The normalized spacial score (nSPS) is 14.3. The number of rotatable bonds is 8. The first-order valence-corrected chi connectivity index (χ1v) is 12.4. The minimum Gasteiger partial charge on any atom is -0.487 e. The van der Waals surface area contributed by atoms with Crippen molar-refractivity contribution in [2.24, 2.45) is 0 Å². The fourth-order valence-electron chi connectivity index (χ4n) is 4.09. The van der Waals surface area contributed by atoms with Crippen LogP contribution in [0.3, 0.4) is 0 Å². The van der Waals surface area contributed by atoms with E-state index in [9.17, 15) is 4.79 Å². The van der Waals surface area contributed by atoms with Crippen LogP contribution >= 0.6 is 11.6 Å². The Balaban J connectivity index is 1.29. The van der Waals surface area contributed by atoms with E-state index in [0.29, 0.717) is 28.8 Å². The Morgan fingerprint density at radius 1 is 1.03 bits per heavy atom. The molecule has 1 aliphatic rings. The average molecular weight is 494 g/mol. The van der Waals surface area contributed by atoms with E-state index in [2.05, 4.69) is 39.0 Å². The highest BCUT2D eigenvalue weighted by Gasteiger charge is 2.23. The van der Waals surface area contributed by atoms with Gasteiger partial charge in [0.15, 0.2) is 0 Å². The predicted octanol–water partition coefficient (Wildman–Crippen LogP) is 5.51. The average Bonchev–Trinajstić information content (AvgIpc) is 2.84. The van der Waals surface area contributed by atoms with Gasteiger partial charge in [0.05, 0.1) is 11.1 Å². The number of nitrogens with zero attached hydrogens (tertiary/aromatic N) is 3. The summed E-state index contributed by atoms with van der Waals surface area (Å²) in [5.74, 6) is 1.09. The van der Waals surface area contributed by atoms with Gasteiger partial charge in [-0.25, -0.2) is 9.78 Å². The maximum absolute atomic E-state index is 12.5. The van der Waals surface area contributed by atoms with Crippen molar-refractivity contribution in [3.8, 4) is 5.75 Å². The van der Waals surface area contributed by atoms with Gasteiger partial charge < -0.3 is 14.4 Å². The number of hydrogen-bond acceptors (Lipinski definition) is 6. The second kappa shape index (κ2) is 11.6. The molecule has 0 bridgehead atoms. The van der Waals surface area contributed by atoms with Crippen LogP contribution < -0.4 is 9.64 Å². The lowest BCUT2D eigenvalue weighted by molar-refractivity contribution is 0.0378. The summed E-state index contributed by atoms with van der Waals surface area (Å²) in [4.78, 5) is 21.6. The van der Waals surface area contributed by atoms with Gasteiger partial charge in [0, 0.05) is 38.9 Å². The maximum Gasteiger partial charge on any atom is 0.342 e. The molecule has 0 unspecified atom stereocenters. The highest BCUT2D eigenvalue weighted by atomic mass is 35.5. The third-order valence-electron chi connectivity index (χ3n) is 5.93. The molecule has 2 aromatic carbocycles. The lowest BCUT2D eigenvalue weighted by atomic mass is 10.1. The minimum absolute atomic E-state index is 0.161. The topological polar surface area (TPSA) is 54.9 Å². The number of ether oxygens (including phenoxy) is 2. The Morgan fingerprint density at radius 2 is 1.74 bits per heavy atom. The van der Waals surface area contributed by atoms with Crippen molar-refractivity contribution in [3.05, 3.63) is 88.1 Å². The molecule has 3 aromatic rings. The summed E-state index contributed by atoms with van der Waals surface area (Å²) in [6.45, 7) is 10.5. The molecule has 7 heteroatoms. The summed E-state index contributed by atoms with van der Waals surface area (Å²) < 4.78 is 11.3. The zero-order chi connectivity index (χ0) is 24.8. The van der Waals surface area contributed by atoms with E-state index in [-0.39, 0.29) is 12.1 Å². The van der Waals surface area contributed by atoms with Gasteiger partial charge in [0.1, 0.15) is 23.7 Å². The van der Waals surface area contributed by atoms with Crippen LogP contribution in [0.15, 0.2) is 60.8 Å². The van der Waals surface area contributed by atoms with Crippen molar-refractivity contribution in [1.82, 2.24) is 9.88 Å². The number of benzene rings is 2. The van der Waals surface area contributed by atoms with E-state index >= 15 is 0 Å². The summed E-state index contributed by atoms with van der Waals surface area (Å²) in [6.07, 6.45) is 1.57. The number of pyridine rings is 1. The van der Waals surface area contributed by atoms with Crippen LogP contribution in [0.5, 0.6) is 5.75 Å². The number of piperazine rings is 1. The molecule has 1 saturated heterocycles. The molecular weight excluding hydrogens is 462 g/mol. The number of hydrogen-bond donors (Lipinski definition) is 0. The molecule has 1 fully saturated rings. The van der Waals surface area contributed by atoms with Crippen molar-refractivity contribution in [3.63, 3.8) is 0 Å². The zero-order valence-corrected chi connectivity index (χ0v) is 21.3. The minimum atomic E-state index is -0.320. The molecule has 1 aliphatic heterocycles. The number of aryl methyl sites for hydroxylation is 1. The van der Waals surface area contributed by atoms with Crippen molar-refractivity contribution in [2.45, 2.75) is 40.0 Å². The quantitative estimate of drug-likeness (QED) is 0.386. The van der Waals surface area contributed by atoms with E-state index in [1.165, 1.54) is 5.56 Å². The lowest BCUT2D eigenvalue weighted by Gasteiger charge is -2.36. The van der Waals surface area contributed by atoms with Crippen LogP contribution in [0.2, 0.25) is 5.02 Å². The van der Waals surface area contributed by atoms with Gasteiger partial charge in [-0.1, -0.05) is 41.9 Å². The lowest BCUT2D eigenvalue weighted by Crippen LogP contribution is -2.46. The van der Waals surface area contributed by atoms with E-state index in [1.807, 2.05) is 39.0 Å². The second-order valence-electron chi connectivity index (χ2n) is 9.13. The summed E-state index contributed by atoms with van der Waals surface area (Å²) in [6, 6.07) is 17.9. The van der Waals surface area contributed by atoms with Crippen LogP contribution in [0.4, 0.5) is 5.82 Å². The van der Waals surface area contributed by atoms with E-state index < -0.39 is 0 Å². The molecule has 6 nitrogen and oxygen atoms in total. The smallest absolute Gasteiger partial charge is 0.342 e. The third-order valence-corrected chi connectivity index (χ3v) is 6.23. The van der Waals surface area contributed by atoms with Gasteiger partial charge in [-0.2, -0.15) is 0 Å². The van der Waals surface area contributed by atoms with E-state index in [0.717, 1.165) is 43.9 Å². The van der Waals surface area contributed by atoms with Crippen LogP contribution in [-0.4, -0.2) is 48.1 Å². The van der Waals surface area contributed by atoms with Crippen LogP contribution in [0.25, 0.3) is 0 Å². The van der Waals surface area contributed by atoms with Gasteiger partial charge in [0.2, 0.25) is 0 Å². The SMILES string of the molecule is Cc1ccc(OCc2ccc(CN3CCN(c4ncccc4C(=O)OC(C)C)CC3)cc2)c(Cl)c1. The molecule has 35 heavy (non-hydrogen) atoms. The Kier molecular flexibility index (Phi) is 8.26. The van der Waals surface area contributed by atoms with Gasteiger partial charge in [-0.3, -0.25) is 4.90 Å². The number of anilines is 1. The Bertz CT molecular complexity index is 1140. The van der Waals surface area contributed by atoms with Crippen LogP contribution in [-0.2, 0) is 17.9 Å². The predicted molar refractivity (Wildman–Crippen MR) is 139 cm³/mol. The molecule has 0 amide bonds. The van der Waals surface area contributed by atoms with Gasteiger partial charge in [0.25, 0.3) is 0 Å². The van der Waals surface area contributed by atoms with Gasteiger partial charge in [-0.05, 0) is 61.7 Å². The molecule has 184 valence electrons. The third kappa shape index (κ3) is 6.74. The van der Waals surface area contributed by atoms with Crippen molar-refractivity contribution in [1.29, 1.82) is 0 Å². The molecule has 0 radical (unpaired) electrons. The maximum atomic E-state index is 12.5. The number of esters is 1. The standard InChI is InChI=1S/C28H32ClN3O3/c1-20(2)35-28(33)24-5-4-12-30-27(24)32-15-13-31(14-16-32)18-22-7-9-23(10-8-22)19-34-26-11-6-21(3)17-25(26)29/h4-12,17,20H,13-16,18-19H2,1-3H3. The fraction of sp³-hybridized carbons (Fsp3) is 0.357. The van der Waals surface area contributed by atoms with Crippen molar-refractivity contribution in [2.75, 3.05) is 31.1 Å². The number of halogens is 1. The molecule has 0 atom stereocenters. The first-order chi connectivity index (χ1) is 16.9. The summed E-state index contributed by atoms with van der Waals surface area (Å²) in [5, 5.41) is 0.635. The monoisotopic (exact) mass is 493 g/mol. The number of carbonyl (C=O) groups excluding carboxylic acids is 1. The van der Waals surface area contributed by atoms with E-state index in [4.69, 9.17) is 21.1 Å². The van der Waals surface area contributed by atoms with Crippen molar-refractivity contribution < 1.29 is 14.3 Å². The molecule has 0 aliphatic carbocycles. The highest BCUT2D eigenvalue weighted by Crippen LogP contribution is 2.26. The van der Waals surface area contributed by atoms with Crippen LogP contribution in [0, 0.1) is 6.92 Å². The highest BCUT2D eigenvalue weighted by molar-refractivity contribution is 6.32. The number of aromatic nitrogens is 1. The Morgan fingerprint density at radius 3 is 2.43 bits per heavy atom. The molecule has 1 aromatic heterocycles. The summed E-state index contributed by atoms with van der Waals surface area (Å²) in [5.41, 5.74) is 4.00. The molecule has 2 heterocycles. The second-order valence-corrected chi connectivity index (χ2v) is 9.54.